The van der Waals surface area contributed by atoms with Crippen LogP contribution in [-0.4, -0.2) is 108 Å². The number of hydrogen-bond donors (Lipinski definition) is 2. The van der Waals surface area contributed by atoms with E-state index in [-0.39, 0.29) is 27.0 Å². The minimum absolute atomic E-state index is 0.0279. The third-order valence-electron chi connectivity index (χ3n) is 7.36. The molecule has 1 aromatic carbocycles. The van der Waals surface area contributed by atoms with Crippen molar-refractivity contribution in [2.45, 2.75) is 43.5 Å². The normalized spacial score (nSPS) is 14.6. The number of methoxy groups -OCH3 is 1. The Labute approximate surface area is 268 Å². The monoisotopic (exact) mass is 677 g/mol. The molecule has 0 bridgehead atoms. The molecule has 1 saturated heterocycles. The lowest BCUT2D eigenvalue weighted by molar-refractivity contribution is 0.183. The van der Waals surface area contributed by atoms with Crippen LogP contribution >= 0.6 is 0 Å². The van der Waals surface area contributed by atoms with Crippen molar-refractivity contribution in [3.8, 4) is 17.3 Å². The third-order valence-corrected chi connectivity index (χ3v) is 10.1. The highest BCUT2D eigenvalue weighted by molar-refractivity contribution is 7.89. The topological polar surface area (TPSA) is 190 Å². The van der Waals surface area contributed by atoms with Crippen molar-refractivity contribution in [1.29, 1.82) is 0 Å². The highest BCUT2D eigenvalue weighted by atomic mass is 32.2. The van der Waals surface area contributed by atoms with Gasteiger partial charge in [-0.2, -0.15) is 17.8 Å². The van der Waals surface area contributed by atoms with Gasteiger partial charge in [-0.05, 0) is 38.1 Å². The maximum absolute atomic E-state index is 13.4. The average molecular weight is 678 g/mol. The molecule has 0 amide bonds. The lowest BCUT2D eigenvalue weighted by Crippen LogP contribution is -2.48. The Balaban J connectivity index is 0.000000409. The molecular formula is C29H39N7O8S2. The number of rotatable bonds is 11. The second-order valence-corrected chi connectivity index (χ2v) is 13.6. The summed E-state index contributed by atoms with van der Waals surface area (Å²) >= 11 is 0. The number of likely N-dealkylation sites (N-methyl/N-ethyl adjacent to an activating group) is 1. The Morgan fingerprint density at radius 1 is 0.978 bits per heavy atom. The number of aromatic amines is 1. The minimum atomic E-state index is -4.00. The van der Waals surface area contributed by atoms with Gasteiger partial charge in [0.15, 0.2) is 5.52 Å². The van der Waals surface area contributed by atoms with Gasteiger partial charge in [0.25, 0.3) is 15.7 Å². The number of aryl methyl sites for hydroxylation is 1. The second-order valence-electron chi connectivity index (χ2n) is 10.2. The molecule has 1 aliphatic rings. The van der Waals surface area contributed by atoms with Gasteiger partial charge in [0, 0.05) is 33.3 Å². The van der Waals surface area contributed by atoms with Gasteiger partial charge in [-0.15, -0.1) is 0 Å². The van der Waals surface area contributed by atoms with Crippen LogP contribution in [0.2, 0.25) is 0 Å². The number of aromatic nitrogens is 5. The summed E-state index contributed by atoms with van der Waals surface area (Å²) in [5.74, 6) is 0.372. The van der Waals surface area contributed by atoms with E-state index >= 15 is 0 Å². The summed E-state index contributed by atoms with van der Waals surface area (Å²) in [4.78, 5) is 26.9. The molecule has 250 valence electrons. The van der Waals surface area contributed by atoms with Crippen LogP contribution in [-0.2, 0) is 37.8 Å². The molecular weight excluding hydrogens is 638 g/mol. The summed E-state index contributed by atoms with van der Waals surface area (Å²) in [6, 6.07) is 8.90. The first-order valence-corrected chi connectivity index (χ1v) is 17.7. The largest absolute Gasteiger partial charge is 0.477 e. The van der Waals surface area contributed by atoms with Crippen molar-refractivity contribution in [3.05, 3.63) is 58.6 Å². The van der Waals surface area contributed by atoms with Gasteiger partial charge in [-0.1, -0.05) is 32.0 Å². The van der Waals surface area contributed by atoms with Crippen molar-refractivity contribution in [2.24, 2.45) is 0 Å². The number of H-pyrrole nitrogens is 1. The predicted octanol–water partition coefficient (Wildman–Crippen LogP) is 2.05. The Morgan fingerprint density at radius 2 is 1.67 bits per heavy atom. The van der Waals surface area contributed by atoms with Crippen molar-refractivity contribution in [2.75, 3.05) is 53.0 Å². The lowest BCUT2D eigenvalue weighted by Gasteiger charge is -2.33. The van der Waals surface area contributed by atoms with Crippen molar-refractivity contribution >= 4 is 31.2 Å². The van der Waals surface area contributed by atoms with Gasteiger partial charge >= 0.3 is 0 Å². The number of piperazine rings is 1. The molecule has 0 saturated carbocycles. The van der Waals surface area contributed by atoms with Gasteiger partial charge in [-0.3, -0.25) is 14.0 Å². The smallest absolute Gasteiger partial charge is 0.294 e. The van der Waals surface area contributed by atoms with Crippen molar-refractivity contribution < 1.29 is 30.9 Å². The molecule has 2 N–H and O–H groups in total. The average Bonchev–Trinajstić information content (AvgIpc) is 3.42. The first-order valence-electron chi connectivity index (χ1n) is 14.8. The summed E-state index contributed by atoms with van der Waals surface area (Å²) < 4.78 is 70.1. The minimum Gasteiger partial charge on any atom is -0.477 e. The van der Waals surface area contributed by atoms with Crippen molar-refractivity contribution in [3.63, 3.8) is 0 Å². The summed E-state index contributed by atoms with van der Waals surface area (Å²) in [5.41, 5.74) is 1.34. The third kappa shape index (κ3) is 7.97. The fraction of sp³-hybridized carbons (Fsp3) is 0.448. The van der Waals surface area contributed by atoms with Gasteiger partial charge in [0.05, 0.1) is 42.1 Å². The summed E-state index contributed by atoms with van der Waals surface area (Å²) in [6.07, 6.45) is 1.90. The standard InChI is InChI=1S/C23H33N7O5S.C6H6O3S/c1-5-18-19-20(27-30(18)12-13-34-4)22(31)26-21(25-19)17-14-16(15-24-23(17)35-7-3)36(32,33)29-10-8-28(6-2)9-11-29;7-10(8,9)6-4-2-1-3-5-6/h14-15H,5-13H2,1-4H3,(H,25,26,31);1-5H,(H,7,8,9). The molecule has 4 heterocycles. The first-order chi connectivity index (χ1) is 21.9. The van der Waals surface area contributed by atoms with E-state index in [1.54, 1.807) is 36.9 Å². The molecule has 0 radical (unpaired) electrons. The van der Waals surface area contributed by atoms with Crippen LogP contribution < -0.4 is 10.3 Å². The van der Waals surface area contributed by atoms with Crippen LogP contribution in [0.4, 0.5) is 0 Å². The van der Waals surface area contributed by atoms with Gasteiger partial charge < -0.3 is 19.4 Å². The summed E-state index contributed by atoms with van der Waals surface area (Å²) in [6.45, 7) is 10.1. The van der Waals surface area contributed by atoms with E-state index in [1.165, 1.54) is 28.7 Å². The zero-order chi connectivity index (χ0) is 33.5. The van der Waals surface area contributed by atoms with E-state index in [2.05, 4.69) is 26.9 Å². The SMILES string of the molecule is CCOc1ncc(S(=O)(=O)N2CCN(CC)CC2)cc1-c1nc2c(CC)n(CCOC)nc2c(=O)[nH]1.O=S(=O)(O)c1ccccc1. The van der Waals surface area contributed by atoms with Crippen LogP contribution in [0.1, 0.15) is 26.5 Å². The Kier molecular flexibility index (Phi) is 11.6. The fourth-order valence-corrected chi connectivity index (χ4v) is 6.82. The number of benzene rings is 1. The Hall–Kier alpha value is -3.74. The molecule has 0 atom stereocenters. The molecule has 4 aromatic rings. The summed E-state index contributed by atoms with van der Waals surface area (Å²) in [7, 11) is -6.19. The zero-order valence-corrected chi connectivity index (χ0v) is 27.8. The number of fused-ring (bicyclic) bond motifs is 1. The maximum Gasteiger partial charge on any atom is 0.294 e. The highest BCUT2D eigenvalue weighted by Crippen LogP contribution is 2.30. The quantitative estimate of drug-likeness (QED) is 0.220. The van der Waals surface area contributed by atoms with E-state index in [4.69, 9.17) is 19.0 Å². The molecule has 17 heteroatoms. The van der Waals surface area contributed by atoms with Crippen LogP contribution in [0.5, 0.6) is 5.88 Å². The highest BCUT2D eigenvalue weighted by Gasteiger charge is 2.30. The molecule has 0 aliphatic carbocycles. The fourth-order valence-electron chi connectivity index (χ4n) is 4.93. The van der Waals surface area contributed by atoms with Gasteiger partial charge in [0.1, 0.15) is 16.2 Å². The molecule has 1 fully saturated rings. The van der Waals surface area contributed by atoms with Crippen LogP contribution in [0, 0.1) is 0 Å². The van der Waals surface area contributed by atoms with Crippen molar-refractivity contribution in [1.82, 2.24) is 33.9 Å². The molecule has 15 nitrogen and oxygen atoms in total. The van der Waals surface area contributed by atoms with E-state index in [1.807, 2.05) is 6.92 Å². The zero-order valence-electron chi connectivity index (χ0n) is 26.2. The second kappa shape index (κ2) is 15.2. The van der Waals surface area contributed by atoms with Gasteiger partial charge in [-0.25, -0.2) is 18.4 Å². The van der Waals surface area contributed by atoms with Crippen LogP contribution in [0.3, 0.4) is 0 Å². The van der Waals surface area contributed by atoms with E-state index < -0.39 is 25.7 Å². The number of ether oxygens (including phenoxy) is 2. The van der Waals surface area contributed by atoms with E-state index in [0.717, 1.165) is 12.2 Å². The number of sulfonamides is 1. The Morgan fingerprint density at radius 3 is 2.24 bits per heavy atom. The van der Waals surface area contributed by atoms with Crippen LogP contribution in [0.15, 0.2) is 57.2 Å². The predicted molar refractivity (Wildman–Crippen MR) is 171 cm³/mol. The van der Waals surface area contributed by atoms with E-state index in [9.17, 15) is 21.6 Å². The molecule has 0 spiro atoms. The Bertz CT molecular complexity index is 1910. The molecule has 5 rings (SSSR count). The maximum atomic E-state index is 13.4. The molecule has 3 aromatic heterocycles. The molecule has 0 unspecified atom stereocenters. The van der Waals surface area contributed by atoms with Gasteiger partial charge in [0.2, 0.25) is 15.9 Å². The summed E-state index contributed by atoms with van der Waals surface area (Å²) in [5, 5.41) is 4.42. The number of hydrogen-bond acceptors (Lipinski definition) is 11. The number of nitrogens with zero attached hydrogens (tertiary/aromatic N) is 6. The lowest BCUT2D eigenvalue weighted by atomic mass is 10.2. The van der Waals surface area contributed by atoms with Crippen LogP contribution in [0.25, 0.3) is 22.4 Å². The number of nitrogens with one attached hydrogen (secondary N) is 1. The molecule has 1 aliphatic heterocycles. The molecule has 46 heavy (non-hydrogen) atoms. The first kappa shape index (κ1) is 35.1. The number of pyridine rings is 1. The van der Waals surface area contributed by atoms with E-state index in [0.29, 0.717) is 63.4 Å².